The van der Waals surface area contributed by atoms with E-state index in [2.05, 4.69) is 56.2 Å². The van der Waals surface area contributed by atoms with Crippen molar-refractivity contribution in [2.45, 2.75) is 57.5 Å². The van der Waals surface area contributed by atoms with Crippen LogP contribution in [0.4, 0.5) is 5.82 Å². The monoisotopic (exact) mass is 549 g/mol. The standard InChI is InChI=1S/C26H31N9O3S/c1-15(2)33-14-21(22-10-16(3)32-34(22)8-9-36)19-11-20(24(19)33)25(27)30-23-6-7-28-26(31-23)17-12-29-35(13-17)39(37,38)18-4-5-18/h6-7,10-15,18,20,24,36H,4-5,8-9H2,1-3H3,(H2,27,28,30,31)/t20-,24?/m1/s1. The molecule has 0 spiro atoms. The number of aliphatic imine (C=N–C) groups is 1. The Balaban J connectivity index is 1.26. The van der Waals surface area contributed by atoms with Crippen molar-refractivity contribution in [2.75, 3.05) is 6.61 Å². The molecule has 0 saturated heterocycles. The molecule has 2 aliphatic carbocycles. The van der Waals surface area contributed by atoms with Crippen LogP contribution in [0, 0.1) is 12.8 Å². The van der Waals surface area contributed by atoms with Gasteiger partial charge in [0.2, 0.25) is 0 Å². The van der Waals surface area contributed by atoms with Gasteiger partial charge >= 0.3 is 0 Å². The van der Waals surface area contributed by atoms with Crippen LogP contribution in [-0.2, 0) is 16.6 Å². The van der Waals surface area contributed by atoms with E-state index in [1.54, 1.807) is 12.3 Å². The van der Waals surface area contributed by atoms with Crippen LogP contribution in [0.25, 0.3) is 17.0 Å². The van der Waals surface area contributed by atoms with E-state index in [0.717, 1.165) is 21.0 Å². The van der Waals surface area contributed by atoms with Crippen molar-refractivity contribution < 1.29 is 13.5 Å². The van der Waals surface area contributed by atoms with Gasteiger partial charge in [-0.3, -0.25) is 4.68 Å². The van der Waals surface area contributed by atoms with Gasteiger partial charge in [-0.1, -0.05) is 6.08 Å². The summed E-state index contributed by atoms with van der Waals surface area (Å²) in [5, 5.41) is 17.7. The van der Waals surface area contributed by atoms with Crippen molar-refractivity contribution in [3.8, 4) is 11.4 Å². The third-order valence-corrected chi connectivity index (χ3v) is 9.30. The molecule has 6 rings (SSSR count). The molecule has 12 nitrogen and oxygen atoms in total. The number of fused-ring (bicyclic) bond motifs is 1. The molecule has 204 valence electrons. The van der Waals surface area contributed by atoms with Crippen LogP contribution in [0.2, 0.25) is 0 Å². The van der Waals surface area contributed by atoms with E-state index >= 15 is 0 Å². The fourth-order valence-electron chi connectivity index (χ4n) is 5.15. The summed E-state index contributed by atoms with van der Waals surface area (Å²) in [6.07, 6.45) is 10.1. The molecule has 13 heteroatoms. The molecule has 3 aromatic heterocycles. The quantitative estimate of drug-likeness (QED) is 0.300. The average Bonchev–Trinajstić information content (AvgIpc) is 3.40. The van der Waals surface area contributed by atoms with Crippen LogP contribution in [0.5, 0.6) is 0 Å². The Morgan fingerprint density at radius 1 is 1.31 bits per heavy atom. The third kappa shape index (κ3) is 4.44. The lowest BCUT2D eigenvalue weighted by molar-refractivity contribution is 0.237. The number of nitrogens with zero attached hydrogens (tertiary/aromatic N) is 8. The number of aliphatic hydroxyl groups excluding tert-OH is 1. The second-order valence-electron chi connectivity index (χ2n) is 10.4. The molecule has 3 aliphatic rings. The Bertz CT molecular complexity index is 1630. The summed E-state index contributed by atoms with van der Waals surface area (Å²) in [6.45, 7) is 6.65. The Morgan fingerprint density at radius 2 is 2.10 bits per heavy atom. The summed E-state index contributed by atoms with van der Waals surface area (Å²) in [5.41, 5.74) is 11.1. The maximum atomic E-state index is 12.5. The molecule has 1 fully saturated rings. The van der Waals surface area contributed by atoms with Crippen LogP contribution in [0.3, 0.4) is 0 Å². The normalized spacial score (nSPS) is 21.2. The molecule has 1 aliphatic heterocycles. The van der Waals surface area contributed by atoms with Gasteiger partial charge in [0.05, 0.1) is 59.7 Å². The lowest BCUT2D eigenvalue weighted by Crippen LogP contribution is -2.48. The van der Waals surface area contributed by atoms with Crippen molar-refractivity contribution in [3.05, 3.63) is 60.0 Å². The van der Waals surface area contributed by atoms with Crippen LogP contribution in [-0.4, -0.2) is 77.1 Å². The zero-order chi connectivity index (χ0) is 27.5. The topological polar surface area (TPSA) is 157 Å². The smallest absolute Gasteiger partial charge is 0.256 e. The number of aryl methyl sites for hydroxylation is 1. The van der Waals surface area contributed by atoms with Gasteiger partial charge < -0.3 is 15.7 Å². The van der Waals surface area contributed by atoms with Crippen molar-refractivity contribution in [3.63, 3.8) is 0 Å². The summed E-state index contributed by atoms with van der Waals surface area (Å²) < 4.78 is 27.8. The molecule has 3 aromatic rings. The van der Waals surface area contributed by atoms with Gasteiger partial charge in [-0.25, -0.2) is 23.4 Å². The number of hydrogen-bond donors (Lipinski definition) is 2. The molecule has 0 amide bonds. The predicted molar refractivity (Wildman–Crippen MR) is 146 cm³/mol. The van der Waals surface area contributed by atoms with Gasteiger partial charge in [-0.15, -0.1) is 0 Å². The minimum atomic E-state index is -3.47. The molecule has 1 saturated carbocycles. The highest BCUT2D eigenvalue weighted by Gasteiger charge is 2.46. The first-order valence-corrected chi connectivity index (χ1v) is 14.5. The molecule has 2 atom stereocenters. The number of aliphatic hydroxyl groups is 1. The highest BCUT2D eigenvalue weighted by molar-refractivity contribution is 7.90. The number of nitrogens with two attached hydrogens (primary N) is 1. The first-order valence-electron chi connectivity index (χ1n) is 13.0. The Kier molecular flexibility index (Phi) is 6.14. The number of hydrogen-bond acceptors (Lipinski definition) is 9. The van der Waals surface area contributed by atoms with Gasteiger partial charge in [0, 0.05) is 30.1 Å². The molecular formula is C26H31N9O3S. The molecule has 0 aromatic carbocycles. The minimum absolute atomic E-state index is 0.0119. The van der Waals surface area contributed by atoms with Gasteiger partial charge in [0.25, 0.3) is 10.0 Å². The van der Waals surface area contributed by atoms with Crippen molar-refractivity contribution in [1.82, 2.24) is 33.8 Å². The second-order valence-corrected chi connectivity index (χ2v) is 12.5. The maximum absolute atomic E-state index is 12.5. The molecule has 0 radical (unpaired) electrons. The third-order valence-electron chi connectivity index (χ3n) is 7.27. The van der Waals surface area contributed by atoms with E-state index in [1.165, 1.54) is 18.0 Å². The highest BCUT2D eigenvalue weighted by Crippen LogP contribution is 2.47. The number of aromatic nitrogens is 6. The van der Waals surface area contributed by atoms with Crippen LogP contribution < -0.4 is 5.73 Å². The van der Waals surface area contributed by atoms with E-state index < -0.39 is 10.0 Å². The van der Waals surface area contributed by atoms with E-state index in [4.69, 9.17) is 5.73 Å². The zero-order valence-corrected chi connectivity index (χ0v) is 22.8. The van der Waals surface area contributed by atoms with Crippen LogP contribution in [0.15, 0.2) is 53.6 Å². The van der Waals surface area contributed by atoms with Crippen molar-refractivity contribution in [2.24, 2.45) is 16.6 Å². The van der Waals surface area contributed by atoms with Gasteiger partial charge in [-0.2, -0.15) is 14.3 Å². The lowest BCUT2D eigenvalue weighted by atomic mass is 9.77. The molecule has 0 bridgehead atoms. The fourth-order valence-corrected chi connectivity index (χ4v) is 6.63. The Labute approximate surface area is 226 Å². The van der Waals surface area contributed by atoms with Crippen molar-refractivity contribution >= 4 is 27.2 Å². The molecule has 1 unspecified atom stereocenters. The van der Waals surface area contributed by atoms with Gasteiger partial charge in [-0.05, 0) is 45.3 Å². The lowest BCUT2D eigenvalue weighted by Gasteiger charge is -2.40. The Morgan fingerprint density at radius 3 is 2.82 bits per heavy atom. The van der Waals surface area contributed by atoms with Crippen LogP contribution in [0.1, 0.15) is 38.1 Å². The summed E-state index contributed by atoms with van der Waals surface area (Å²) in [4.78, 5) is 15.7. The SMILES string of the molecule is Cc1cc(C2=CN(C(C)C)C3C2=C[C@H]3C(N)=Nc2ccnc(-c3cnn(S(=O)(=O)C4CC4)c3)n2)n(CCO)n1. The minimum Gasteiger partial charge on any atom is -0.394 e. The summed E-state index contributed by atoms with van der Waals surface area (Å²) in [7, 11) is -3.47. The second kappa shape index (κ2) is 9.42. The summed E-state index contributed by atoms with van der Waals surface area (Å²) in [5.74, 6) is 1.03. The Hall–Kier alpha value is -3.84. The van der Waals surface area contributed by atoms with Gasteiger partial charge in [0.1, 0.15) is 5.84 Å². The molecule has 3 N–H and O–H groups in total. The van der Waals surface area contributed by atoms with E-state index in [9.17, 15) is 13.5 Å². The summed E-state index contributed by atoms with van der Waals surface area (Å²) >= 11 is 0. The first kappa shape index (κ1) is 25.4. The van der Waals surface area contributed by atoms with Gasteiger partial charge in [0.15, 0.2) is 11.6 Å². The zero-order valence-electron chi connectivity index (χ0n) is 22.0. The number of rotatable bonds is 9. The number of amidine groups is 1. The largest absolute Gasteiger partial charge is 0.394 e. The molecular weight excluding hydrogens is 518 g/mol. The maximum Gasteiger partial charge on any atom is 0.256 e. The van der Waals surface area contributed by atoms with E-state index in [-0.39, 0.29) is 29.9 Å². The average molecular weight is 550 g/mol. The van der Waals surface area contributed by atoms with Crippen LogP contribution >= 0.6 is 0 Å². The fraction of sp³-hybridized carbons (Fsp3) is 0.423. The first-order chi connectivity index (χ1) is 18.7. The molecule has 4 heterocycles. The van der Waals surface area contributed by atoms with E-state index in [0.29, 0.717) is 42.4 Å². The van der Waals surface area contributed by atoms with E-state index in [1.807, 2.05) is 17.7 Å². The van der Waals surface area contributed by atoms with Crippen molar-refractivity contribution in [1.29, 1.82) is 0 Å². The highest BCUT2D eigenvalue weighted by atomic mass is 32.2. The summed E-state index contributed by atoms with van der Waals surface area (Å²) in [6, 6.07) is 3.97. The molecule has 39 heavy (non-hydrogen) atoms. The predicted octanol–water partition coefficient (Wildman–Crippen LogP) is 1.86.